The number of aromatic hydroxyl groups is 1. The number of phenolic OH excluding ortho intramolecular Hbond substituents is 1. The molecule has 0 saturated carbocycles. The Kier molecular flexibility index (Phi) is 3.41. The van der Waals surface area contributed by atoms with E-state index >= 15 is 0 Å². The van der Waals surface area contributed by atoms with Crippen LogP contribution in [0, 0.1) is 17.5 Å². The SMILES string of the molecule is O=C(Nc1ccc(O)cc1F)c1cc(F)cc(F)c1. The molecule has 19 heavy (non-hydrogen) atoms. The quantitative estimate of drug-likeness (QED) is 0.821. The minimum atomic E-state index is -0.906. The lowest BCUT2D eigenvalue weighted by Gasteiger charge is -2.07. The molecule has 0 spiro atoms. The van der Waals surface area contributed by atoms with Crippen molar-refractivity contribution in [3.05, 3.63) is 59.4 Å². The monoisotopic (exact) mass is 267 g/mol. The first-order chi connectivity index (χ1) is 8.95. The summed E-state index contributed by atoms with van der Waals surface area (Å²) in [7, 11) is 0. The van der Waals surface area contributed by atoms with Gasteiger partial charge in [0.25, 0.3) is 5.91 Å². The predicted molar refractivity (Wildman–Crippen MR) is 62.4 cm³/mol. The summed E-state index contributed by atoms with van der Waals surface area (Å²) < 4.78 is 39.2. The molecule has 2 N–H and O–H groups in total. The van der Waals surface area contributed by atoms with Crippen molar-refractivity contribution in [2.45, 2.75) is 0 Å². The lowest BCUT2D eigenvalue weighted by molar-refractivity contribution is 0.102. The summed E-state index contributed by atoms with van der Waals surface area (Å²) in [5.74, 6) is -3.83. The smallest absolute Gasteiger partial charge is 0.255 e. The third-order valence-corrected chi connectivity index (χ3v) is 2.33. The van der Waals surface area contributed by atoms with Gasteiger partial charge in [0.05, 0.1) is 5.69 Å². The summed E-state index contributed by atoms with van der Waals surface area (Å²) in [6, 6.07) is 5.40. The average Bonchev–Trinajstić information content (AvgIpc) is 2.31. The standard InChI is InChI=1S/C13H8F3NO2/c14-8-3-7(4-9(15)5-8)13(19)17-12-2-1-10(18)6-11(12)16/h1-6,18H,(H,17,19). The first kappa shape index (κ1) is 12.9. The van der Waals surface area contributed by atoms with Gasteiger partial charge in [-0.15, -0.1) is 0 Å². The molecule has 1 amide bonds. The van der Waals surface area contributed by atoms with Crippen molar-refractivity contribution in [3.8, 4) is 5.75 Å². The fraction of sp³-hybridized carbons (Fsp3) is 0. The summed E-state index contributed by atoms with van der Waals surface area (Å²) in [6.07, 6.45) is 0. The highest BCUT2D eigenvalue weighted by atomic mass is 19.1. The van der Waals surface area contributed by atoms with Crippen LogP contribution in [0.25, 0.3) is 0 Å². The molecule has 2 aromatic rings. The van der Waals surface area contributed by atoms with Crippen LogP contribution in [0.3, 0.4) is 0 Å². The highest BCUT2D eigenvalue weighted by Gasteiger charge is 2.12. The van der Waals surface area contributed by atoms with Crippen molar-refractivity contribution in [1.29, 1.82) is 0 Å². The van der Waals surface area contributed by atoms with E-state index in [2.05, 4.69) is 5.32 Å². The number of halogens is 3. The summed E-state index contributed by atoms with van der Waals surface area (Å²) in [6.45, 7) is 0. The largest absolute Gasteiger partial charge is 0.508 e. The van der Waals surface area contributed by atoms with Crippen molar-refractivity contribution >= 4 is 11.6 Å². The molecule has 0 bridgehead atoms. The molecule has 0 radical (unpaired) electrons. The molecule has 0 heterocycles. The Morgan fingerprint density at radius 3 is 2.21 bits per heavy atom. The van der Waals surface area contributed by atoms with Crippen LogP contribution in [0.5, 0.6) is 5.75 Å². The van der Waals surface area contributed by atoms with E-state index < -0.39 is 23.4 Å². The lowest BCUT2D eigenvalue weighted by atomic mass is 10.2. The first-order valence-corrected chi connectivity index (χ1v) is 5.21. The second kappa shape index (κ2) is 5.01. The number of rotatable bonds is 2. The van der Waals surface area contributed by atoms with Crippen LogP contribution >= 0.6 is 0 Å². The zero-order valence-electron chi connectivity index (χ0n) is 9.45. The fourth-order valence-corrected chi connectivity index (χ4v) is 1.48. The normalized spacial score (nSPS) is 10.3. The Balaban J connectivity index is 2.25. The van der Waals surface area contributed by atoms with E-state index in [4.69, 9.17) is 5.11 Å². The van der Waals surface area contributed by atoms with Gasteiger partial charge in [-0.25, -0.2) is 13.2 Å². The first-order valence-electron chi connectivity index (χ1n) is 5.21. The Morgan fingerprint density at radius 1 is 1.00 bits per heavy atom. The van der Waals surface area contributed by atoms with Crippen LogP contribution in [0.15, 0.2) is 36.4 Å². The topological polar surface area (TPSA) is 49.3 Å². The van der Waals surface area contributed by atoms with Gasteiger partial charge in [0.15, 0.2) is 0 Å². The number of carbonyl (C=O) groups is 1. The Bertz CT molecular complexity index is 624. The van der Waals surface area contributed by atoms with E-state index in [0.29, 0.717) is 6.07 Å². The van der Waals surface area contributed by atoms with Crippen LogP contribution in [-0.2, 0) is 0 Å². The fourth-order valence-electron chi connectivity index (χ4n) is 1.48. The van der Waals surface area contributed by atoms with Crippen LogP contribution in [-0.4, -0.2) is 11.0 Å². The van der Waals surface area contributed by atoms with Gasteiger partial charge >= 0.3 is 0 Å². The van der Waals surface area contributed by atoms with Gasteiger partial charge < -0.3 is 10.4 Å². The number of phenols is 1. The van der Waals surface area contributed by atoms with Gasteiger partial charge in [-0.2, -0.15) is 0 Å². The van der Waals surface area contributed by atoms with E-state index in [0.717, 1.165) is 24.3 Å². The van der Waals surface area contributed by atoms with Crippen molar-refractivity contribution in [3.63, 3.8) is 0 Å². The maximum absolute atomic E-state index is 13.4. The molecule has 0 atom stereocenters. The predicted octanol–water partition coefficient (Wildman–Crippen LogP) is 3.06. The Labute approximate surface area is 106 Å². The molecular formula is C13H8F3NO2. The van der Waals surface area contributed by atoms with E-state index in [1.807, 2.05) is 0 Å². The molecule has 0 aromatic heterocycles. The van der Waals surface area contributed by atoms with Gasteiger partial charge in [-0.05, 0) is 24.3 Å². The number of carbonyl (C=O) groups excluding carboxylic acids is 1. The number of anilines is 1. The van der Waals surface area contributed by atoms with Crippen molar-refractivity contribution in [2.75, 3.05) is 5.32 Å². The van der Waals surface area contributed by atoms with Crippen molar-refractivity contribution in [2.24, 2.45) is 0 Å². The minimum Gasteiger partial charge on any atom is -0.508 e. The van der Waals surface area contributed by atoms with E-state index in [1.165, 1.54) is 6.07 Å². The molecule has 6 heteroatoms. The molecule has 0 saturated heterocycles. The lowest BCUT2D eigenvalue weighted by Crippen LogP contribution is -2.13. The van der Waals surface area contributed by atoms with Crippen LogP contribution in [0.4, 0.5) is 18.9 Å². The molecule has 0 aliphatic heterocycles. The second-order valence-electron chi connectivity index (χ2n) is 3.78. The molecule has 0 aliphatic rings. The van der Waals surface area contributed by atoms with Crippen LogP contribution < -0.4 is 5.32 Å². The summed E-state index contributed by atoms with van der Waals surface area (Å²) in [5.41, 5.74) is -0.475. The molecule has 98 valence electrons. The van der Waals surface area contributed by atoms with Gasteiger partial charge in [0, 0.05) is 17.7 Å². The third kappa shape index (κ3) is 3.04. The van der Waals surface area contributed by atoms with Crippen LogP contribution in [0.1, 0.15) is 10.4 Å². The van der Waals surface area contributed by atoms with E-state index in [1.54, 1.807) is 0 Å². The average molecular weight is 267 g/mol. The molecule has 0 aliphatic carbocycles. The maximum atomic E-state index is 13.4. The third-order valence-electron chi connectivity index (χ3n) is 2.33. The van der Waals surface area contributed by atoms with Crippen molar-refractivity contribution in [1.82, 2.24) is 0 Å². The van der Waals surface area contributed by atoms with Gasteiger partial charge in [0.2, 0.25) is 0 Å². The van der Waals surface area contributed by atoms with E-state index in [-0.39, 0.29) is 17.0 Å². The Morgan fingerprint density at radius 2 is 1.63 bits per heavy atom. The Hall–Kier alpha value is -2.50. The second-order valence-corrected chi connectivity index (χ2v) is 3.78. The molecular weight excluding hydrogens is 259 g/mol. The minimum absolute atomic E-state index is 0.201. The summed E-state index contributed by atoms with van der Waals surface area (Å²) >= 11 is 0. The highest BCUT2D eigenvalue weighted by Crippen LogP contribution is 2.20. The van der Waals surface area contributed by atoms with Gasteiger partial charge in [0.1, 0.15) is 23.2 Å². The number of nitrogens with one attached hydrogen (secondary N) is 1. The van der Waals surface area contributed by atoms with Gasteiger partial charge in [-0.1, -0.05) is 0 Å². The zero-order valence-corrected chi connectivity index (χ0v) is 9.45. The molecule has 2 rings (SSSR count). The number of benzene rings is 2. The van der Waals surface area contributed by atoms with Gasteiger partial charge in [-0.3, -0.25) is 4.79 Å². The summed E-state index contributed by atoms with van der Waals surface area (Å²) in [5, 5.41) is 11.2. The number of amides is 1. The molecule has 3 nitrogen and oxygen atoms in total. The van der Waals surface area contributed by atoms with Crippen molar-refractivity contribution < 1.29 is 23.1 Å². The summed E-state index contributed by atoms with van der Waals surface area (Å²) in [4.78, 5) is 11.7. The van der Waals surface area contributed by atoms with Crippen LogP contribution in [0.2, 0.25) is 0 Å². The molecule has 2 aromatic carbocycles. The molecule has 0 unspecified atom stereocenters. The maximum Gasteiger partial charge on any atom is 0.255 e. The number of hydrogen-bond donors (Lipinski definition) is 2. The number of hydrogen-bond acceptors (Lipinski definition) is 2. The zero-order chi connectivity index (χ0) is 14.0. The molecule has 0 fully saturated rings. The van der Waals surface area contributed by atoms with E-state index in [9.17, 15) is 18.0 Å². The highest BCUT2D eigenvalue weighted by molar-refractivity contribution is 6.04.